The van der Waals surface area contributed by atoms with Gasteiger partial charge in [-0.2, -0.15) is 0 Å². The summed E-state index contributed by atoms with van der Waals surface area (Å²) >= 11 is 0. The van der Waals surface area contributed by atoms with E-state index in [1.807, 2.05) is 0 Å². The third kappa shape index (κ3) is 4.50. The Morgan fingerprint density at radius 2 is 1.63 bits per heavy atom. The minimum absolute atomic E-state index is 0.0945. The maximum absolute atomic E-state index is 12.8. The summed E-state index contributed by atoms with van der Waals surface area (Å²) in [5.41, 5.74) is 0.692. The molecule has 30 heavy (non-hydrogen) atoms. The van der Waals surface area contributed by atoms with Gasteiger partial charge in [0, 0.05) is 18.9 Å². The second kappa shape index (κ2) is 9.06. The van der Waals surface area contributed by atoms with E-state index in [9.17, 15) is 29.1 Å². The molecule has 160 valence electrons. The van der Waals surface area contributed by atoms with Gasteiger partial charge in [-0.3, -0.25) is 24.1 Å². The maximum atomic E-state index is 12.8. The van der Waals surface area contributed by atoms with E-state index < -0.39 is 29.8 Å². The summed E-state index contributed by atoms with van der Waals surface area (Å²) < 4.78 is 0. The number of hydrogen-bond donors (Lipinski definition) is 3. The van der Waals surface area contributed by atoms with E-state index in [1.165, 1.54) is 4.90 Å². The van der Waals surface area contributed by atoms with Crippen molar-refractivity contribution in [3.8, 4) is 0 Å². The molecule has 1 aromatic carbocycles. The summed E-state index contributed by atoms with van der Waals surface area (Å²) in [6.07, 6.45) is 2.19. The molecule has 3 N–H and O–H groups in total. The van der Waals surface area contributed by atoms with Crippen molar-refractivity contribution in [2.45, 2.75) is 44.6 Å². The Kier molecular flexibility index (Phi) is 6.49. The second-order valence-electron chi connectivity index (χ2n) is 7.75. The Hall–Kier alpha value is -3.23. The molecule has 3 amide bonds. The summed E-state index contributed by atoms with van der Waals surface area (Å²) in [6, 6.07) is 5.28. The number of carbonyl (C=O) groups excluding carboxylic acids is 3. The number of carboxylic acid groups (broad SMARTS) is 2. The van der Waals surface area contributed by atoms with Gasteiger partial charge in [-0.1, -0.05) is 25.0 Å². The van der Waals surface area contributed by atoms with Gasteiger partial charge < -0.3 is 15.5 Å². The number of benzene rings is 1. The van der Waals surface area contributed by atoms with Crippen molar-refractivity contribution in [2.24, 2.45) is 11.8 Å². The Labute approximate surface area is 173 Å². The van der Waals surface area contributed by atoms with E-state index in [-0.39, 0.29) is 37.1 Å². The number of carbonyl (C=O) groups is 5. The number of imide groups is 1. The van der Waals surface area contributed by atoms with E-state index in [0.29, 0.717) is 24.0 Å². The van der Waals surface area contributed by atoms with Gasteiger partial charge in [0.05, 0.1) is 11.1 Å². The van der Waals surface area contributed by atoms with Gasteiger partial charge in [0.2, 0.25) is 5.91 Å². The van der Waals surface area contributed by atoms with Crippen molar-refractivity contribution >= 4 is 29.7 Å². The van der Waals surface area contributed by atoms with E-state index in [2.05, 4.69) is 5.32 Å². The molecule has 0 radical (unpaired) electrons. The SMILES string of the molecule is O=C(O)CC[C@H](NC(=O)C1CCCCC1CN1C(=O)c2ccccc2C1=O)C(=O)O. The molecule has 1 saturated carbocycles. The number of nitrogens with zero attached hydrogens (tertiary/aromatic N) is 1. The molecule has 2 aliphatic rings. The lowest BCUT2D eigenvalue weighted by atomic mass is 9.78. The molecular formula is C21H24N2O7. The van der Waals surface area contributed by atoms with Gasteiger partial charge in [0.25, 0.3) is 11.8 Å². The summed E-state index contributed by atoms with van der Waals surface area (Å²) in [7, 11) is 0. The lowest BCUT2D eigenvalue weighted by Crippen LogP contribution is -2.48. The Morgan fingerprint density at radius 1 is 1.03 bits per heavy atom. The zero-order valence-electron chi connectivity index (χ0n) is 16.4. The predicted molar refractivity (Wildman–Crippen MR) is 104 cm³/mol. The summed E-state index contributed by atoms with van der Waals surface area (Å²) in [6.45, 7) is 0.0945. The fourth-order valence-corrected chi connectivity index (χ4v) is 4.21. The van der Waals surface area contributed by atoms with Crippen LogP contribution in [0.4, 0.5) is 0 Å². The fourth-order valence-electron chi connectivity index (χ4n) is 4.21. The number of hydrogen-bond acceptors (Lipinski definition) is 5. The monoisotopic (exact) mass is 416 g/mol. The van der Waals surface area contributed by atoms with Crippen LogP contribution < -0.4 is 5.32 Å². The average Bonchev–Trinajstić information content (AvgIpc) is 2.96. The normalized spacial score (nSPS) is 21.8. The maximum Gasteiger partial charge on any atom is 0.326 e. The summed E-state index contributed by atoms with van der Waals surface area (Å²) in [5.74, 6) is -4.51. The first-order valence-electron chi connectivity index (χ1n) is 9.99. The van der Waals surface area contributed by atoms with Gasteiger partial charge in [-0.05, 0) is 37.3 Å². The molecule has 0 spiro atoms. The highest BCUT2D eigenvalue weighted by atomic mass is 16.4. The third-order valence-corrected chi connectivity index (χ3v) is 5.80. The van der Waals surface area contributed by atoms with Gasteiger partial charge >= 0.3 is 11.9 Å². The van der Waals surface area contributed by atoms with Gasteiger partial charge in [-0.15, -0.1) is 0 Å². The number of rotatable bonds is 8. The number of aliphatic carboxylic acids is 2. The van der Waals surface area contributed by atoms with Crippen LogP contribution in [0.2, 0.25) is 0 Å². The zero-order valence-corrected chi connectivity index (χ0v) is 16.4. The van der Waals surface area contributed by atoms with Crippen molar-refractivity contribution < 1.29 is 34.2 Å². The van der Waals surface area contributed by atoms with Crippen molar-refractivity contribution in [1.29, 1.82) is 0 Å². The highest BCUT2D eigenvalue weighted by molar-refractivity contribution is 6.21. The molecule has 1 aliphatic heterocycles. The highest BCUT2D eigenvalue weighted by Gasteiger charge is 2.40. The number of fused-ring (bicyclic) bond motifs is 1. The number of amides is 3. The molecule has 9 heteroatoms. The first-order valence-corrected chi connectivity index (χ1v) is 9.99. The van der Waals surface area contributed by atoms with Crippen molar-refractivity contribution in [1.82, 2.24) is 10.2 Å². The van der Waals surface area contributed by atoms with Crippen LogP contribution in [0.15, 0.2) is 24.3 Å². The Balaban J connectivity index is 1.70. The molecule has 3 atom stereocenters. The van der Waals surface area contributed by atoms with Gasteiger partial charge in [0.1, 0.15) is 6.04 Å². The van der Waals surface area contributed by atoms with Crippen LogP contribution in [-0.4, -0.2) is 57.4 Å². The van der Waals surface area contributed by atoms with Crippen LogP contribution in [0.25, 0.3) is 0 Å². The minimum atomic E-state index is -1.30. The van der Waals surface area contributed by atoms with Crippen LogP contribution in [0.3, 0.4) is 0 Å². The van der Waals surface area contributed by atoms with E-state index >= 15 is 0 Å². The largest absolute Gasteiger partial charge is 0.481 e. The van der Waals surface area contributed by atoms with Crippen molar-refractivity contribution in [3.63, 3.8) is 0 Å². The standard InChI is InChI=1S/C21H24N2O7/c24-17(25)10-9-16(21(29)30)22-18(26)13-6-2-1-5-12(13)11-23-19(27)14-7-3-4-8-15(14)20(23)28/h3-4,7-8,12-13,16H,1-2,5-6,9-11H2,(H,22,26)(H,24,25)(H,29,30)/t12?,13?,16-/m0/s1. The molecule has 1 fully saturated rings. The molecule has 0 aromatic heterocycles. The summed E-state index contributed by atoms with van der Waals surface area (Å²) in [5, 5.41) is 20.5. The molecule has 1 aliphatic carbocycles. The van der Waals surface area contributed by atoms with Crippen LogP contribution >= 0.6 is 0 Å². The quantitative estimate of drug-likeness (QED) is 0.546. The van der Waals surface area contributed by atoms with Crippen molar-refractivity contribution in [2.75, 3.05) is 6.54 Å². The van der Waals surface area contributed by atoms with Crippen LogP contribution in [-0.2, 0) is 14.4 Å². The topological polar surface area (TPSA) is 141 Å². The second-order valence-corrected chi connectivity index (χ2v) is 7.75. The van der Waals surface area contributed by atoms with Crippen molar-refractivity contribution in [3.05, 3.63) is 35.4 Å². The fraction of sp³-hybridized carbons (Fsp3) is 0.476. The third-order valence-electron chi connectivity index (χ3n) is 5.80. The van der Waals surface area contributed by atoms with Crippen LogP contribution in [0, 0.1) is 11.8 Å². The van der Waals surface area contributed by atoms with Gasteiger partial charge in [0.15, 0.2) is 0 Å². The molecule has 0 saturated heterocycles. The lowest BCUT2D eigenvalue weighted by Gasteiger charge is -2.33. The number of nitrogens with one attached hydrogen (secondary N) is 1. The Bertz CT molecular complexity index is 847. The predicted octanol–water partition coefficient (Wildman–Crippen LogP) is 1.52. The molecule has 3 rings (SSSR count). The average molecular weight is 416 g/mol. The molecule has 2 unspecified atom stereocenters. The van der Waals surface area contributed by atoms with E-state index in [0.717, 1.165) is 12.8 Å². The zero-order chi connectivity index (χ0) is 21.8. The highest BCUT2D eigenvalue weighted by Crippen LogP contribution is 2.33. The molecular weight excluding hydrogens is 392 g/mol. The molecule has 0 bridgehead atoms. The lowest BCUT2D eigenvalue weighted by molar-refractivity contribution is -0.144. The first-order chi connectivity index (χ1) is 14.3. The molecule has 9 nitrogen and oxygen atoms in total. The van der Waals surface area contributed by atoms with Crippen LogP contribution in [0.5, 0.6) is 0 Å². The van der Waals surface area contributed by atoms with E-state index in [1.54, 1.807) is 24.3 Å². The molecule has 1 aromatic rings. The Morgan fingerprint density at radius 3 is 2.20 bits per heavy atom. The smallest absolute Gasteiger partial charge is 0.326 e. The first kappa shape index (κ1) is 21.5. The van der Waals surface area contributed by atoms with E-state index in [4.69, 9.17) is 5.11 Å². The van der Waals surface area contributed by atoms with Crippen LogP contribution in [0.1, 0.15) is 59.2 Å². The van der Waals surface area contributed by atoms with Gasteiger partial charge in [-0.25, -0.2) is 4.79 Å². The minimum Gasteiger partial charge on any atom is -0.481 e. The molecule has 1 heterocycles. The number of carboxylic acids is 2. The summed E-state index contributed by atoms with van der Waals surface area (Å²) in [4.78, 5) is 61.4.